The summed E-state index contributed by atoms with van der Waals surface area (Å²) in [6.07, 6.45) is 2.85. The van der Waals surface area contributed by atoms with E-state index in [1.807, 2.05) is 28.4 Å². The van der Waals surface area contributed by atoms with Crippen LogP contribution < -0.4 is 5.32 Å². The summed E-state index contributed by atoms with van der Waals surface area (Å²) in [6, 6.07) is 6.13. The van der Waals surface area contributed by atoms with E-state index in [2.05, 4.69) is 34.1 Å². The van der Waals surface area contributed by atoms with Crippen LogP contribution in [0, 0.1) is 0 Å². The standard InChI is InChI=1S/C16H15N5S2/c1-2-6-17-15-13-16(20-14(19-15)12-4-3-7-23-12)21(10-18-13)11-5-8-22-9-11/h3-5,7-10H,2,6H2,1H3,(H,17,19,20). The molecule has 4 aromatic rings. The van der Waals surface area contributed by atoms with Crippen molar-refractivity contribution in [3.05, 3.63) is 40.7 Å². The second-order valence-corrected chi connectivity index (χ2v) is 6.80. The van der Waals surface area contributed by atoms with E-state index in [-0.39, 0.29) is 0 Å². The van der Waals surface area contributed by atoms with Gasteiger partial charge in [0.05, 0.1) is 10.6 Å². The minimum absolute atomic E-state index is 0.739. The van der Waals surface area contributed by atoms with Gasteiger partial charge in [0, 0.05) is 11.9 Å². The van der Waals surface area contributed by atoms with Crippen LogP contribution in [0.3, 0.4) is 0 Å². The van der Waals surface area contributed by atoms with Gasteiger partial charge in [0.15, 0.2) is 22.8 Å². The van der Waals surface area contributed by atoms with Crippen LogP contribution in [0.1, 0.15) is 13.3 Å². The Morgan fingerprint density at radius 3 is 2.91 bits per heavy atom. The Morgan fingerprint density at radius 2 is 2.17 bits per heavy atom. The number of aromatic nitrogens is 4. The maximum absolute atomic E-state index is 4.77. The highest BCUT2D eigenvalue weighted by Gasteiger charge is 2.15. The second kappa shape index (κ2) is 6.10. The highest BCUT2D eigenvalue weighted by atomic mass is 32.1. The molecule has 0 bridgehead atoms. The molecule has 0 fully saturated rings. The Balaban J connectivity index is 1.92. The van der Waals surface area contributed by atoms with Crippen LogP contribution in [-0.2, 0) is 0 Å². The molecule has 5 nitrogen and oxygen atoms in total. The molecule has 0 saturated heterocycles. The van der Waals surface area contributed by atoms with Crippen LogP contribution >= 0.6 is 22.7 Å². The fourth-order valence-electron chi connectivity index (χ4n) is 2.37. The van der Waals surface area contributed by atoms with Gasteiger partial charge in [-0.3, -0.25) is 4.57 Å². The number of thiophene rings is 2. The van der Waals surface area contributed by atoms with Crippen molar-refractivity contribution in [2.75, 3.05) is 11.9 Å². The van der Waals surface area contributed by atoms with Crippen molar-refractivity contribution in [3.8, 4) is 16.4 Å². The van der Waals surface area contributed by atoms with Gasteiger partial charge in [0.25, 0.3) is 0 Å². The lowest BCUT2D eigenvalue weighted by molar-refractivity contribution is 0.969. The molecule has 4 aromatic heterocycles. The highest BCUT2D eigenvalue weighted by Crippen LogP contribution is 2.28. The Morgan fingerprint density at radius 1 is 1.22 bits per heavy atom. The molecule has 0 aromatic carbocycles. The van der Waals surface area contributed by atoms with Crippen molar-refractivity contribution in [1.29, 1.82) is 0 Å². The molecule has 0 aliphatic rings. The maximum Gasteiger partial charge on any atom is 0.174 e. The van der Waals surface area contributed by atoms with Crippen LogP contribution in [0.25, 0.3) is 27.6 Å². The van der Waals surface area contributed by atoms with Crippen molar-refractivity contribution < 1.29 is 0 Å². The number of hydrogen-bond acceptors (Lipinski definition) is 6. The van der Waals surface area contributed by atoms with Gasteiger partial charge in [-0.15, -0.1) is 11.3 Å². The molecule has 0 aliphatic heterocycles. The van der Waals surface area contributed by atoms with Crippen molar-refractivity contribution in [2.45, 2.75) is 13.3 Å². The summed E-state index contributed by atoms with van der Waals surface area (Å²) < 4.78 is 2.02. The number of fused-ring (bicyclic) bond motifs is 1. The molecule has 116 valence electrons. The summed E-state index contributed by atoms with van der Waals surface area (Å²) in [4.78, 5) is 15.1. The van der Waals surface area contributed by atoms with E-state index in [1.165, 1.54) is 0 Å². The van der Waals surface area contributed by atoms with Crippen LogP contribution in [0.2, 0.25) is 0 Å². The Hall–Kier alpha value is -2.25. The fourth-order valence-corrected chi connectivity index (χ4v) is 3.65. The third-order valence-corrected chi connectivity index (χ3v) is 5.00. The Kier molecular flexibility index (Phi) is 3.80. The maximum atomic E-state index is 4.77. The number of rotatable bonds is 5. The fraction of sp³-hybridized carbons (Fsp3) is 0.188. The zero-order chi connectivity index (χ0) is 15.6. The van der Waals surface area contributed by atoms with Crippen LogP contribution in [0.5, 0.6) is 0 Å². The normalized spacial score (nSPS) is 11.2. The summed E-state index contributed by atoms with van der Waals surface area (Å²) >= 11 is 3.30. The first-order chi connectivity index (χ1) is 11.4. The number of nitrogens with zero attached hydrogens (tertiary/aromatic N) is 4. The van der Waals surface area contributed by atoms with Gasteiger partial charge in [-0.25, -0.2) is 15.0 Å². The smallest absolute Gasteiger partial charge is 0.174 e. The van der Waals surface area contributed by atoms with Gasteiger partial charge in [0.2, 0.25) is 0 Å². The second-order valence-electron chi connectivity index (χ2n) is 5.07. The monoisotopic (exact) mass is 341 g/mol. The number of nitrogens with one attached hydrogen (secondary N) is 1. The van der Waals surface area contributed by atoms with Crippen molar-refractivity contribution >= 4 is 39.7 Å². The summed E-state index contributed by atoms with van der Waals surface area (Å²) in [6.45, 7) is 3.00. The molecule has 0 saturated carbocycles. The topological polar surface area (TPSA) is 55.6 Å². The molecule has 7 heteroatoms. The summed E-state index contributed by atoms with van der Waals surface area (Å²) in [5, 5.41) is 9.56. The van der Waals surface area contributed by atoms with Crippen molar-refractivity contribution in [1.82, 2.24) is 19.5 Å². The average Bonchev–Trinajstić information content (AvgIpc) is 3.32. The number of hydrogen-bond donors (Lipinski definition) is 1. The molecule has 23 heavy (non-hydrogen) atoms. The zero-order valence-corrected chi connectivity index (χ0v) is 14.2. The van der Waals surface area contributed by atoms with E-state index in [0.717, 1.165) is 46.3 Å². The summed E-state index contributed by atoms with van der Waals surface area (Å²) in [7, 11) is 0. The third kappa shape index (κ3) is 2.62. The minimum atomic E-state index is 0.739. The Bertz CT molecular complexity index is 910. The van der Waals surface area contributed by atoms with E-state index in [4.69, 9.17) is 9.97 Å². The average molecular weight is 341 g/mol. The lowest BCUT2D eigenvalue weighted by atomic mass is 10.4. The summed E-state index contributed by atoms with van der Waals surface area (Å²) in [5.74, 6) is 1.54. The quantitative estimate of drug-likeness (QED) is 0.583. The predicted octanol–water partition coefficient (Wildman–Crippen LogP) is 4.43. The van der Waals surface area contributed by atoms with Gasteiger partial charge in [-0.2, -0.15) is 11.3 Å². The predicted molar refractivity (Wildman–Crippen MR) is 96.6 cm³/mol. The first-order valence-electron chi connectivity index (χ1n) is 7.42. The minimum Gasteiger partial charge on any atom is -0.368 e. The largest absolute Gasteiger partial charge is 0.368 e. The zero-order valence-electron chi connectivity index (χ0n) is 12.6. The highest BCUT2D eigenvalue weighted by molar-refractivity contribution is 7.13. The molecule has 4 rings (SSSR count). The van der Waals surface area contributed by atoms with E-state index in [1.54, 1.807) is 22.7 Å². The van der Waals surface area contributed by atoms with Crippen molar-refractivity contribution in [3.63, 3.8) is 0 Å². The molecule has 1 N–H and O–H groups in total. The summed E-state index contributed by atoms with van der Waals surface area (Å²) in [5.41, 5.74) is 2.72. The SMILES string of the molecule is CCCNc1nc(-c2cccs2)nc2c1ncn2-c1ccsc1. The van der Waals surface area contributed by atoms with E-state index < -0.39 is 0 Å². The molecule has 0 amide bonds. The molecule has 0 unspecified atom stereocenters. The molecule has 4 heterocycles. The molecular formula is C16H15N5S2. The van der Waals surface area contributed by atoms with Gasteiger partial charge >= 0.3 is 0 Å². The molecule has 0 aliphatic carbocycles. The van der Waals surface area contributed by atoms with Crippen LogP contribution in [0.15, 0.2) is 40.7 Å². The molecular weight excluding hydrogens is 326 g/mol. The third-order valence-electron chi connectivity index (χ3n) is 3.46. The lowest BCUT2D eigenvalue weighted by Gasteiger charge is -2.07. The van der Waals surface area contributed by atoms with Gasteiger partial charge in [-0.1, -0.05) is 13.0 Å². The van der Waals surface area contributed by atoms with E-state index >= 15 is 0 Å². The molecule has 0 atom stereocenters. The van der Waals surface area contributed by atoms with Crippen molar-refractivity contribution in [2.24, 2.45) is 0 Å². The van der Waals surface area contributed by atoms with E-state index in [9.17, 15) is 0 Å². The van der Waals surface area contributed by atoms with Gasteiger partial charge < -0.3 is 5.32 Å². The van der Waals surface area contributed by atoms with Gasteiger partial charge in [0.1, 0.15) is 6.33 Å². The molecule has 0 radical (unpaired) electrons. The lowest BCUT2D eigenvalue weighted by Crippen LogP contribution is -2.05. The van der Waals surface area contributed by atoms with Crippen LogP contribution in [0.4, 0.5) is 5.82 Å². The molecule has 0 spiro atoms. The number of imidazole rings is 1. The van der Waals surface area contributed by atoms with Gasteiger partial charge in [-0.05, 0) is 29.3 Å². The Labute approximate surface area is 141 Å². The first kappa shape index (κ1) is 14.3. The number of anilines is 1. The first-order valence-corrected chi connectivity index (χ1v) is 9.24. The van der Waals surface area contributed by atoms with E-state index in [0.29, 0.717) is 0 Å². The van der Waals surface area contributed by atoms with Crippen LogP contribution in [-0.4, -0.2) is 26.1 Å².